The third-order valence-electron chi connectivity index (χ3n) is 3.31. The zero-order valence-electron chi connectivity index (χ0n) is 12.7. The van der Waals surface area contributed by atoms with Crippen molar-refractivity contribution in [2.45, 2.75) is 6.92 Å². The first kappa shape index (κ1) is 15.3. The molecule has 5 heteroatoms. The number of para-hydroxylation sites is 1. The number of benzene rings is 2. The molecule has 0 spiro atoms. The van der Waals surface area contributed by atoms with Crippen LogP contribution in [0.3, 0.4) is 0 Å². The van der Waals surface area contributed by atoms with Gasteiger partial charge >= 0.3 is 0 Å². The molecule has 0 aliphatic carbocycles. The lowest BCUT2D eigenvalue weighted by atomic mass is 10.2. The molecule has 0 bridgehead atoms. The van der Waals surface area contributed by atoms with E-state index >= 15 is 0 Å². The van der Waals surface area contributed by atoms with E-state index in [4.69, 9.17) is 16.3 Å². The van der Waals surface area contributed by atoms with Crippen LogP contribution < -0.4 is 10.2 Å². The first-order valence-electron chi connectivity index (χ1n) is 7.33. The molecule has 1 heterocycles. The van der Waals surface area contributed by atoms with Crippen LogP contribution in [0, 0.1) is 0 Å². The van der Waals surface area contributed by atoms with Gasteiger partial charge in [-0.2, -0.15) is 5.10 Å². The highest BCUT2D eigenvalue weighted by Crippen LogP contribution is 2.24. The van der Waals surface area contributed by atoms with Crippen LogP contribution in [0.2, 0.25) is 5.02 Å². The van der Waals surface area contributed by atoms with Crippen molar-refractivity contribution in [1.82, 2.24) is 4.98 Å². The number of rotatable bonds is 5. The van der Waals surface area contributed by atoms with Gasteiger partial charge < -0.3 is 4.74 Å². The van der Waals surface area contributed by atoms with E-state index in [-0.39, 0.29) is 0 Å². The van der Waals surface area contributed by atoms with Crippen LogP contribution in [-0.4, -0.2) is 17.8 Å². The summed E-state index contributed by atoms with van der Waals surface area (Å²) in [7, 11) is 0. The van der Waals surface area contributed by atoms with Crippen molar-refractivity contribution in [3.8, 4) is 5.75 Å². The van der Waals surface area contributed by atoms with E-state index < -0.39 is 0 Å². The molecule has 0 unspecified atom stereocenters. The van der Waals surface area contributed by atoms with E-state index in [1.807, 2.05) is 55.5 Å². The van der Waals surface area contributed by atoms with Crippen LogP contribution in [-0.2, 0) is 0 Å². The lowest BCUT2D eigenvalue weighted by molar-refractivity contribution is 0.340. The Hall–Kier alpha value is -2.59. The number of hydrogen-bond donors (Lipinski definition) is 1. The summed E-state index contributed by atoms with van der Waals surface area (Å²) >= 11 is 6.00. The maximum Gasteiger partial charge on any atom is 0.128 e. The van der Waals surface area contributed by atoms with Crippen LogP contribution in [0.25, 0.3) is 10.9 Å². The number of anilines is 1. The van der Waals surface area contributed by atoms with Crippen LogP contribution in [0.5, 0.6) is 5.75 Å². The monoisotopic (exact) mass is 325 g/mol. The van der Waals surface area contributed by atoms with Crippen molar-refractivity contribution in [3.05, 3.63) is 65.3 Å². The molecule has 4 nitrogen and oxygen atoms in total. The van der Waals surface area contributed by atoms with Gasteiger partial charge in [-0.3, -0.25) is 10.4 Å². The van der Waals surface area contributed by atoms with Gasteiger partial charge in [0.05, 0.1) is 24.0 Å². The van der Waals surface area contributed by atoms with Crippen LogP contribution in [0.1, 0.15) is 12.5 Å². The molecule has 2 aromatic carbocycles. The number of fused-ring (bicyclic) bond motifs is 1. The summed E-state index contributed by atoms with van der Waals surface area (Å²) < 4.78 is 5.58. The predicted molar refractivity (Wildman–Crippen MR) is 95.6 cm³/mol. The Balaban J connectivity index is 1.84. The number of halogens is 1. The highest BCUT2D eigenvalue weighted by Gasteiger charge is 2.02. The van der Waals surface area contributed by atoms with Gasteiger partial charge in [-0.25, -0.2) is 0 Å². The quantitative estimate of drug-likeness (QED) is 0.544. The van der Waals surface area contributed by atoms with Gasteiger partial charge in [0.2, 0.25) is 0 Å². The summed E-state index contributed by atoms with van der Waals surface area (Å²) in [6.07, 6.45) is 3.47. The highest BCUT2D eigenvalue weighted by atomic mass is 35.5. The van der Waals surface area contributed by atoms with Gasteiger partial charge in [0.25, 0.3) is 0 Å². The maximum atomic E-state index is 6.00. The molecule has 3 aromatic rings. The largest absolute Gasteiger partial charge is 0.493 e. The first-order chi connectivity index (χ1) is 11.3. The number of nitrogens with zero attached hydrogens (tertiary/aromatic N) is 2. The molecule has 3 rings (SSSR count). The summed E-state index contributed by atoms with van der Waals surface area (Å²) in [6, 6.07) is 15.2. The van der Waals surface area contributed by atoms with Crippen molar-refractivity contribution < 1.29 is 4.74 Å². The zero-order chi connectivity index (χ0) is 16.1. The smallest absolute Gasteiger partial charge is 0.128 e. The Kier molecular flexibility index (Phi) is 4.74. The number of hydrazone groups is 1. The van der Waals surface area contributed by atoms with E-state index in [9.17, 15) is 0 Å². The average Bonchev–Trinajstić information content (AvgIpc) is 2.56. The van der Waals surface area contributed by atoms with Gasteiger partial charge in [0.1, 0.15) is 5.75 Å². The fourth-order valence-corrected chi connectivity index (χ4v) is 2.43. The van der Waals surface area contributed by atoms with Crippen molar-refractivity contribution in [2.75, 3.05) is 12.0 Å². The Morgan fingerprint density at radius 1 is 1.22 bits per heavy atom. The fraction of sp³-hybridized carbons (Fsp3) is 0.111. The average molecular weight is 326 g/mol. The highest BCUT2D eigenvalue weighted by molar-refractivity contribution is 6.31. The van der Waals surface area contributed by atoms with Gasteiger partial charge in [-0.1, -0.05) is 23.7 Å². The molecule has 0 amide bonds. The van der Waals surface area contributed by atoms with Gasteiger partial charge in [0.15, 0.2) is 0 Å². The molecule has 1 aromatic heterocycles. The summed E-state index contributed by atoms with van der Waals surface area (Å²) in [5.41, 5.74) is 5.67. The number of pyridine rings is 1. The second kappa shape index (κ2) is 7.11. The Bertz CT molecular complexity index is 849. The molecule has 116 valence electrons. The minimum atomic E-state index is 0.619. The Morgan fingerprint density at radius 2 is 2.09 bits per heavy atom. The molecule has 1 N–H and O–H groups in total. The number of nitrogens with one attached hydrogen (secondary N) is 1. The van der Waals surface area contributed by atoms with Crippen molar-refractivity contribution in [2.24, 2.45) is 5.10 Å². The SMILES string of the molecule is CCOc1ccccc1C=NNc1ccnc2cc(Cl)ccc12. The number of ether oxygens (including phenoxy) is 1. The van der Waals surface area contributed by atoms with Crippen LogP contribution in [0.15, 0.2) is 59.8 Å². The molecular formula is C18H16ClN3O. The third-order valence-corrected chi connectivity index (χ3v) is 3.55. The second-order valence-corrected chi connectivity index (χ2v) is 5.30. The maximum absolute atomic E-state index is 6.00. The summed E-state index contributed by atoms with van der Waals surface area (Å²) in [6.45, 7) is 2.58. The minimum absolute atomic E-state index is 0.619. The lowest BCUT2D eigenvalue weighted by Gasteiger charge is -2.07. The second-order valence-electron chi connectivity index (χ2n) is 4.86. The molecule has 0 atom stereocenters. The lowest BCUT2D eigenvalue weighted by Crippen LogP contribution is -1.97. The molecular weight excluding hydrogens is 310 g/mol. The summed E-state index contributed by atoms with van der Waals surface area (Å²) in [4.78, 5) is 4.31. The van der Waals surface area contributed by atoms with E-state index in [1.54, 1.807) is 12.4 Å². The molecule has 0 radical (unpaired) electrons. The van der Waals surface area contributed by atoms with Gasteiger partial charge in [0, 0.05) is 22.2 Å². The summed E-state index contributed by atoms with van der Waals surface area (Å²) in [5.74, 6) is 0.812. The van der Waals surface area contributed by atoms with Gasteiger partial charge in [-0.05, 0) is 43.3 Å². The van der Waals surface area contributed by atoms with Crippen LogP contribution >= 0.6 is 11.6 Å². The normalized spacial score (nSPS) is 11.0. The van der Waals surface area contributed by atoms with Crippen molar-refractivity contribution in [3.63, 3.8) is 0 Å². The number of hydrogen-bond acceptors (Lipinski definition) is 4. The standard InChI is InChI=1S/C18H16ClN3O/c1-2-23-18-6-4-3-5-13(18)12-21-22-16-9-10-20-17-11-14(19)7-8-15(16)17/h3-12H,2H2,1H3,(H,20,22). The predicted octanol–water partition coefficient (Wildman–Crippen LogP) is 4.73. The van der Waals surface area contributed by atoms with Crippen molar-refractivity contribution in [1.29, 1.82) is 0 Å². The molecule has 0 aliphatic heterocycles. The minimum Gasteiger partial charge on any atom is -0.493 e. The van der Waals surface area contributed by atoms with E-state index in [0.29, 0.717) is 11.6 Å². The number of aromatic nitrogens is 1. The molecule has 0 aliphatic rings. The Morgan fingerprint density at radius 3 is 2.96 bits per heavy atom. The fourth-order valence-electron chi connectivity index (χ4n) is 2.26. The van der Waals surface area contributed by atoms with Crippen molar-refractivity contribution >= 4 is 34.4 Å². The molecule has 0 saturated carbocycles. The first-order valence-corrected chi connectivity index (χ1v) is 7.71. The van der Waals surface area contributed by atoms with E-state index in [2.05, 4.69) is 15.5 Å². The third kappa shape index (κ3) is 3.60. The Labute approximate surface area is 139 Å². The molecule has 0 saturated heterocycles. The summed E-state index contributed by atoms with van der Waals surface area (Å²) in [5, 5.41) is 5.94. The van der Waals surface area contributed by atoms with E-state index in [1.165, 1.54) is 0 Å². The molecule has 0 fully saturated rings. The van der Waals surface area contributed by atoms with E-state index in [0.717, 1.165) is 27.9 Å². The molecule has 23 heavy (non-hydrogen) atoms. The van der Waals surface area contributed by atoms with Crippen LogP contribution in [0.4, 0.5) is 5.69 Å². The zero-order valence-corrected chi connectivity index (χ0v) is 13.4. The van der Waals surface area contributed by atoms with Gasteiger partial charge in [-0.15, -0.1) is 0 Å². The topological polar surface area (TPSA) is 46.5 Å².